The summed E-state index contributed by atoms with van der Waals surface area (Å²) in [7, 11) is 1.23. The Kier molecular flexibility index (Phi) is 2.54. The first-order valence-corrected chi connectivity index (χ1v) is 4.24. The fourth-order valence-corrected chi connectivity index (χ4v) is 1.81. The molecule has 1 rings (SSSR count). The van der Waals surface area contributed by atoms with Crippen LogP contribution in [-0.4, -0.2) is 18.2 Å². The summed E-state index contributed by atoms with van der Waals surface area (Å²) in [5, 5.41) is 18.0. The largest absolute Gasteiger partial charge is 0.505 e. The van der Waals surface area contributed by atoms with Gasteiger partial charge in [0, 0.05) is 4.88 Å². The van der Waals surface area contributed by atoms with E-state index in [2.05, 4.69) is 4.74 Å². The van der Waals surface area contributed by atoms with Crippen LogP contribution in [0.15, 0.2) is 0 Å². The Bertz CT molecular complexity index is 389. The SMILES string of the molecule is COC(=O)c1sc(C)c(C#N)c1O. The first kappa shape index (κ1) is 9.55. The van der Waals surface area contributed by atoms with Gasteiger partial charge < -0.3 is 9.84 Å². The fraction of sp³-hybridized carbons (Fsp3) is 0.250. The van der Waals surface area contributed by atoms with E-state index in [1.807, 2.05) is 6.07 Å². The molecule has 0 bridgehead atoms. The number of aromatic hydroxyl groups is 1. The van der Waals surface area contributed by atoms with Gasteiger partial charge in [-0.05, 0) is 6.92 Å². The number of ether oxygens (including phenoxy) is 1. The van der Waals surface area contributed by atoms with Crippen LogP contribution in [0, 0.1) is 18.3 Å². The molecule has 0 atom stereocenters. The number of carbonyl (C=O) groups is 1. The Hall–Kier alpha value is -1.54. The molecule has 0 aromatic carbocycles. The van der Waals surface area contributed by atoms with Gasteiger partial charge in [0.15, 0.2) is 10.6 Å². The van der Waals surface area contributed by atoms with E-state index < -0.39 is 5.97 Å². The van der Waals surface area contributed by atoms with Crippen molar-refractivity contribution in [1.29, 1.82) is 5.26 Å². The zero-order valence-corrected chi connectivity index (χ0v) is 7.94. The van der Waals surface area contributed by atoms with Crippen LogP contribution in [0.1, 0.15) is 20.1 Å². The van der Waals surface area contributed by atoms with E-state index in [0.29, 0.717) is 4.88 Å². The molecule has 1 N–H and O–H groups in total. The number of carbonyl (C=O) groups excluding carboxylic acids is 1. The standard InChI is InChI=1S/C8H7NO3S/c1-4-5(3-9)6(10)7(13-4)8(11)12-2/h10H,1-2H3. The molecule has 1 heterocycles. The van der Waals surface area contributed by atoms with Crippen LogP contribution >= 0.6 is 11.3 Å². The first-order chi connectivity index (χ1) is 6.11. The minimum absolute atomic E-state index is 0.0801. The van der Waals surface area contributed by atoms with Crippen LogP contribution in [0.25, 0.3) is 0 Å². The summed E-state index contributed by atoms with van der Waals surface area (Å²) < 4.78 is 4.43. The number of rotatable bonds is 1. The molecule has 0 amide bonds. The zero-order chi connectivity index (χ0) is 10.0. The molecule has 0 saturated heterocycles. The Morgan fingerprint density at radius 1 is 1.69 bits per heavy atom. The summed E-state index contributed by atoms with van der Waals surface area (Å²) in [4.78, 5) is 11.7. The van der Waals surface area contributed by atoms with E-state index in [9.17, 15) is 9.90 Å². The summed E-state index contributed by atoms with van der Waals surface area (Å²) in [6.07, 6.45) is 0. The highest BCUT2D eigenvalue weighted by molar-refractivity contribution is 7.14. The number of nitriles is 1. The molecule has 5 heteroatoms. The number of aryl methyl sites for hydroxylation is 1. The van der Waals surface area contributed by atoms with Crippen molar-refractivity contribution in [2.24, 2.45) is 0 Å². The van der Waals surface area contributed by atoms with E-state index in [-0.39, 0.29) is 16.2 Å². The van der Waals surface area contributed by atoms with Crippen LogP contribution < -0.4 is 0 Å². The molecule has 1 aromatic heterocycles. The van der Waals surface area contributed by atoms with Gasteiger partial charge in [-0.1, -0.05) is 0 Å². The molecule has 0 saturated carbocycles. The molecule has 4 nitrogen and oxygen atoms in total. The Balaban J connectivity index is 3.28. The lowest BCUT2D eigenvalue weighted by molar-refractivity contribution is 0.0603. The lowest BCUT2D eigenvalue weighted by Crippen LogP contribution is -1.97. The van der Waals surface area contributed by atoms with Gasteiger partial charge in [-0.2, -0.15) is 5.26 Å². The van der Waals surface area contributed by atoms with Gasteiger partial charge in [-0.15, -0.1) is 11.3 Å². The van der Waals surface area contributed by atoms with Gasteiger partial charge in [0.05, 0.1) is 7.11 Å². The molecule has 0 aliphatic heterocycles. The first-order valence-electron chi connectivity index (χ1n) is 3.42. The van der Waals surface area contributed by atoms with Gasteiger partial charge >= 0.3 is 5.97 Å². The second kappa shape index (κ2) is 3.46. The minimum Gasteiger partial charge on any atom is -0.505 e. The van der Waals surface area contributed by atoms with Gasteiger partial charge in [-0.3, -0.25) is 0 Å². The lowest BCUT2D eigenvalue weighted by atomic mass is 10.2. The van der Waals surface area contributed by atoms with Gasteiger partial charge in [0.1, 0.15) is 11.6 Å². The molecule has 68 valence electrons. The Labute approximate surface area is 79.0 Å². The monoisotopic (exact) mass is 197 g/mol. The normalized spacial score (nSPS) is 9.31. The molecular formula is C8H7NO3S. The van der Waals surface area contributed by atoms with Crippen molar-refractivity contribution in [3.63, 3.8) is 0 Å². The van der Waals surface area contributed by atoms with Crippen LogP contribution in [0.2, 0.25) is 0 Å². The van der Waals surface area contributed by atoms with Crippen LogP contribution in [0.3, 0.4) is 0 Å². The van der Waals surface area contributed by atoms with Gasteiger partial charge in [0.25, 0.3) is 0 Å². The molecular weight excluding hydrogens is 190 g/mol. The van der Waals surface area contributed by atoms with Gasteiger partial charge in [-0.25, -0.2) is 4.79 Å². The molecule has 0 unspecified atom stereocenters. The predicted molar refractivity (Wildman–Crippen MR) is 46.8 cm³/mol. The molecule has 0 aliphatic rings. The number of esters is 1. The number of thiophene rings is 1. The number of nitrogens with zero attached hydrogens (tertiary/aromatic N) is 1. The summed E-state index contributed by atoms with van der Waals surface area (Å²) >= 11 is 1.05. The third kappa shape index (κ3) is 1.48. The van der Waals surface area contributed by atoms with E-state index in [1.54, 1.807) is 6.92 Å². The van der Waals surface area contributed by atoms with E-state index in [1.165, 1.54) is 7.11 Å². The quantitative estimate of drug-likeness (QED) is 0.691. The average molecular weight is 197 g/mol. The van der Waals surface area contributed by atoms with Crippen molar-refractivity contribution in [2.75, 3.05) is 7.11 Å². The summed E-state index contributed by atoms with van der Waals surface area (Å²) in [6.45, 7) is 1.66. The highest BCUT2D eigenvalue weighted by Crippen LogP contribution is 2.33. The van der Waals surface area contributed by atoms with Crippen molar-refractivity contribution in [3.8, 4) is 11.8 Å². The number of hydrogen-bond donors (Lipinski definition) is 1. The van der Waals surface area contributed by atoms with Gasteiger partial charge in [0.2, 0.25) is 0 Å². The van der Waals surface area contributed by atoms with Crippen molar-refractivity contribution in [2.45, 2.75) is 6.92 Å². The minimum atomic E-state index is -0.618. The molecule has 0 aliphatic carbocycles. The summed E-state index contributed by atoms with van der Waals surface area (Å²) in [6, 6.07) is 1.82. The van der Waals surface area contributed by atoms with E-state index in [4.69, 9.17) is 5.26 Å². The van der Waals surface area contributed by atoms with E-state index >= 15 is 0 Å². The van der Waals surface area contributed by atoms with Crippen LogP contribution in [0.5, 0.6) is 5.75 Å². The smallest absolute Gasteiger partial charge is 0.351 e. The van der Waals surface area contributed by atoms with Crippen molar-refractivity contribution in [1.82, 2.24) is 0 Å². The second-order valence-corrected chi connectivity index (χ2v) is 3.54. The molecule has 0 radical (unpaired) electrons. The molecule has 0 spiro atoms. The lowest BCUT2D eigenvalue weighted by Gasteiger charge is -1.94. The fourth-order valence-electron chi connectivity index (χ4n) is 0.895. The van der Waals surface area contributed by atoms with Crippen molar-refractivity contribution < 1.29 is 14.6 Å². The van der Waals surface area contributed by atoms with Crippen LogP contribution in [-0.2, 0) is 4.74 Å². The zero-order valence-electron chi connectivity index (χ0n) is 7.12. The number of hydrogen-bond acceptors (Lipinski definition) is 5. The topological polar surface area (TPSA) is 70.3 Å². The molecule has 0 fully saturated rings. The molecule has 13 heavy (non-hydrogen) atoms. The second-order valence-electron chi connectivity index (χ2n) is 2.31. The highest BCUT2D eigenvalue weighted by Gasteiger charge is 2.20. The maximum Gasteiger partial charge on any atom is 0.351 e. The average Bonchev–Trinajstić information content (AvgIpc) is 2.40. The Morgan fingerprint density at radius 2 is 2.31 bits per heavy atom. The summed E-state index contributed by atoms with van der Waals surface area (Å²) in [5.74, 6) is -0.899. The van der Waals surface area contributed by atoms with Crippen LogP contribution in [0.4, 0.5) is 0 Å². The molecule has 1 aromatic rings. The highest BCUT2D eigenvalue weighted by atomic mass is 32.1. The van der Waals surface area contributed by atoms with Crippen molar-refractivity contribution >= 4 is 17.3 Å². The maximum absolute atomic E-state index is 11.0. The van der Waals surface area contributed by atoms with E-state index in [0.717, 1.165) is 11.3 Å². The number of methoxy groups -OCH3 is 1. The summed E-state index contributed by atoms with van der Waals surface area (Å²) in [5.41, 5.74) is 0.144. The maximum atomic E-state index is 11.0. The third-order valence-electron chi connectivity index (χ3n) is 1.54. The Morgan fingerprint density at radius 3 is 2.69 bits per heavy atom. The predicted octanol–water partition coefficient (Wildman–Crippen LogP) is 1.42. The third-order valence-corrected chi connectivity index (χ3v) is 2.62. The van der Waals surface area contributed by atoms with Crippen molar-refractivity contribution in [3.05, 3.63) is 15.3 Å².